The molecular formula is C13H28Si. The minimum atomic E-state index is -1.03. The van der Waals surface area contributed by atoms with Gasteiger partial charge in [-0.2, -0.15) is 0 Å². The summed E-state index contributed by atoms with van der Waals surface area (Å²) in [5.41, 5.74) is 0. The van der Waals surface area contributed by atoms with Crippen molar-refractivity contribution in [1.82, 2.24) is 0 Å². The number of hydrogen-bond acceptors (Lipinski definition) is 0. The fourth-order valence-corrected chi connectivity index (χ4v) is 2.42. The quantitative estimate of drug-likeness (QED) is 0.384. The molecule has 0 aromatic heterocycles. The molecule has 0 bridgehead atoms. The third-order valence-corrected chi connectivity index (χ3v) is 5.26. The maximum Gasteiger partial charge on any atom is 0.0716 e. The summed E-state index contributed by atoms with van der Waals surface area (Å²) in [7, 11) is -1.03. The van der Waals surface area contributed by atoms with Gasteiger partial charge in [0, 0.05) is 0 Å². The zero-order valence-corrected chi connectivity index (χ0v) is 11.7. The Hall–Kier alpha value is -0.0431. The predicted molar refractivity (Wildman–Crippen MR) is 70.5 cm³/mol. The molecule has 0 aromatic carbocycles. The summed E-state index contributed by atoms with van der Waals surface area (Å²) in [5.74, 6) is 0. The minimum absolute atomic E-state index is 1.03. The van der Waals surface area contributed by atoms with Crippen molar-refractivity contribution in [2.45, 2.75) is 71.5 Å². The number of rotatable bonds is 8. The van der Waals surface area contributed by atoms with Gasteiger partial charge in [-0.1, -0.05) is 63.9 Å². The smallest absolute Gasteiger partial charge is 0.0716 e. The van der Waals surface area contributed by atoms with Gasteiger partial charge in [-0.3, -0.25) is 0 Å². The molecule has 0 radical (unpaired) electrons. The molecule has 0 rings (SSSR count). The minimum Gasteiger partial charge on any atom is -0.104 e. The van der Waals surface area contributed by atoms with Crippen molar-refractivity contribution < 1.29 is 0 Å². The summed E-state index contributed by atoms with van der Waals surface area (Å²) >= 11 is 0. The maximum absolute atomic E-state index is 4.22. The van der Waals surface area contributed by atoms with E-state index in [1.54, 1.807) is 5.20 Å². The van der Waals surface area contributed by atoms with Gasteiger partial charge in [0.1, 0.15) is 0 Å². The van der Waals surface area contributed by atoms with Gasteiger partial charge in [-0.25, -0.2) is 0 Å². The van der Waals surface area contributed by atoms with Crippen molar-refractivity contribution in [1.29, 1.82) is 0 Å². The van der Waals surface area contributed by atoms with Crippen LogP contribution in [0.4, 0.5) is 0 Å². The Morgan fingerprint density at radius 2 is 1.43 bits per heavy atom. The second-order valence-corrected chi connectivity index (χ2v) is 10.6. The topological polar surface area (TPSA) is 0 Å². The highest BCUT2D eigenvalue weighted by Crippen LogP contribution is 2.19. The molecule has 0 atom stereocenters. The van der Waals surface area contributed by atoms with E-state index in [2.05, 4.69) is 33.1 Å². The lowest BCUT2D eigenvalue weighted by Gasteiger charge is -2.19. The van der Waals surface area contributed by atoms with Crippen LogP contribution in [0.3, 0.4) is 0 Å². The van der Waals surface area contributed by atoms with Gasteiger partial charge in [-0.15, -0.1) is 6.58 Å². The molecule has 0 N–H and O–H groups in total. The van der Waals surface area contributed by atoms with Gasteiger partial charge in [0.2, 0.25) is 0 Å². The summed E-state index contributed by atoms with van der Waals surface area (Å²) < 4.78 is 0. The van der Waals surface area contributed by atoms with Crippen LogP contribution in [0.5, 0.6) is 0 Å². The highest BCUT2D eigenvalue weighted by Gasteiger charge is 2.16. The standard InChI is InChI=1S/C13H28Si/c1-6-7-8-9-10-11-12-13(2)14(3,4)5/h2,6-12H2,1,3-5H3. The van der Waals surface area contributed by atoms with Crippen LogP contribution in [0.1, 0.15) is 51.9 Å². The monoisotopic (exact) mass is 212 g/mol. The van der Waals surface area contributed by atoms with E-state index in [9.17, 15) is 0 Å². The van der Waals surface area contributed by atoms with E-state index in [-0.39, 0.29) is 0 Å². The third kappa shape index (κ3) is 7.37. The predicted octanol–water partition coefficient (Wildman–Crippen LogP) is 5.17. The summed E-state index contributed by atoms with van der Waals surface area (Å²) in [4.78, 5) is 0. The molecule has 0 aliphatic rings. The Balaban J connectivity index is 3.33. The average molecular weight is 212 g/mol. The maximum atomic E-state index is 4.22. The average Bonchev–Trinajstić information content (AvgIpc) is 2.09. The largest absolute Gasteiger partial charge is 0.104 e. The van der Waals surface area contributed by atoms with E-state index in [1.807, 2.05) is 0 Å². The van der Waals surface area contributed by atoms with Gasteiger partial charge < -0.3 is 0 Å². The van der Waals surface area contributed by atoms with Crippen LogP contribution in [-0.4, -0.2) is 8.07 Å². The first kappa shape index (κ1) is 14.0. The normalized spacial score (nSPS) is 11.7. The lowest BCUT2D eigenvalue weighted by Crippen LogP contribution is -2.22. The molecule has 0 heterocycles. The summed E-state index contributed by atoms with van der Waals surface area (Å²) in [6.07, 6.45) is 9.66. The second-order valence-electron chi connectivity index (χ2n) is 5.37. The van der Waals surface area contributed by atoms with Crippen LogP contribution < -0.4 is 0 Å². The Bertz CT molecular complexity index is 153. The molecule has 0 nitrogen and oxygen atoms in total. The molecule has 0 saturated heterocycles. The van der Waals surface area contributed by atoms with Crippen molar-refractivity contribution in [2.75, 3.05) is 0 Å². The van der Waals surface area contributed by atoms with E-state index in [0.29, 0.717) is 0 Å². The molecule has 84 valence electrons. The number of unbranched alkanes of at least 4 members (excludes halogenated alkanes) is 5. The van der Waals surface area contributed by atoms with Crippen molar-refractivity contribution in [3.8, 4) is 0 Å². The van der Waals surface area contributed by atoms with Crippen molar-refractivity contribution in [3.05, 3.63) is 11.8 Å². The van der Waals surface area contributed by atoms with Crippen LogP contribution in [0.2, 0.25) is 19.6 Å². The molecule has 0 aliphatic heterocycles. The summed E-state index contributed by atoms with van der Waals surface area (Å²) in [6.45, 7) is 13.7. The van der Waals surface area contributed by atoms with Gasteiger partial charge in [0.25, 0.3) is 0 Å². The molecular weight excluding hydrogens is 184 g/mol. The van der Waals surface area contributed by atoms with Crippen molar-refractivity contribution in [3.63, 3.8) is 0 Å². The first-order valence-electron chi connectivity index (χ1n) is 6.16. The van der Waals surface area contributed by atoms with E-state index in [0.717, 1.165) is 0 Å². The Kier molecular flexibility index (Phi) is 7.25. The Morgan fingerprint density at radius 1 is 0.929 bits per heavy atom. The Morgan fingerprint density at radius 3 is 1.93 bits per heavy atom. The highest BCUT2D eigenvalue weighted by atomic mass is 28.3. The van der Waals surface area contributed by atoms with Crippen molar-refractivity contribution in [2.24, 2.45) is 0 Å². The molecule has 14 heavy (non-hydrogen) atoms. The summed E-state index contributed by atoms with van der Waals surface area (Å²) in [5, 5.41) is 1.55. The lowest BCUT2D eigenvalue weighted by atomic mass is 10.1. The van der Waals surface area contributed by atoms with Gasteiger partial charge in [0.15, 0.2) is 0 Å². The first-order valence-corrected chi connectivity index (χ1v) is 9.66. The fraction of sp³-hybridized carbons (Fsp3) is 0.846. The Labute approximate surface area is 91.8 Å². The van der Waals surface area contributed by atoms with E-state index >= 15 is 0 Å². The van der Waals surface area contributed by atoms with E-state index in [4.69, 9.17) is 0 Å². The molecule has 0 saturated carbocycles. The van der Waals surface area contributed by atoms with Crippen LogP contribution in [0.25, 0.3) is 0 Å². The molecule has 0 fully saturated rings. The molecule has 0 aliphatic carbocycles. The van der Waals surface area contributed by atoms with Crippen molar-refractivity contribution >= 4 is 8.07 Å². The molecule has 0 unspecified atom stereocenters. The number of hydrogen-bond donors (Lipinski definition) is 0. The van der Waals surface area contributed by atoms with Gasteiger partial charge in [0.05, 0.1) is 8.07 Å². The highest BCUT2D eigenvalue weighted by molar-refractivity contribution is 6.82. The van der Waals surface area contributed by atoms with Gasteiger partial charge >= 0.3 is 0 Å². The van der Waals surface area contributed by atoms with E-state index < -0.39 is 8.07 Å². The second kappa shape index (κ2) is 7.28. The third-order valence-electron chi connectivity index (χ3n) is 2.89. The van der Waals surface area contributed by atoms with Crippen LogP contribution in [0, 0.1) is 0 Å². The lowest BCUT2D eigenvalue weighted by molar-refractivity contribution is 0.609. The van der Waals surface area contributed by atoms with E-state index in [1.165, 1.54) is 44.9 Å². The fourth-order valence-electron chi connectivity index (χ4n) is 1.49. The van der Waals surface area contributed by atoms with Crippen LogP contribution in [-0.2, 0) is 0 Å². The van der Waals surface area contributed by atoms with Crippen LogP contribution in [0.15, 0.2) is 11.8 Å². The van der Waals surface area contributed by atoms with Crippen LogP contribution >= 0.6 is 0 Å². The first-order chi connectivity index (χ1) is 6.48. The molecule has 0 amide bonds. The SMILES string of the molecule is C=C(CCCCCCCC)[Si](C)(C)C. The van der Waals surface area contributed by atoms with Gasteiger partial charge in [-0.05, 0) is 12.8 Å². The summed E-state index contributed by atoms with van der Waals surface area (Å²) in [6, 6.07) is 0. The molecule has 0 spiro atoms. The zero-order valence-electron chi connectivity index (χ0n) is 10.7. The molecule has 1 heteroatoms. The molecule has 0 aromatic rings. The number of allylic oxidation sites excluding steroid dienone is 1. The zero-order chi connectivity index (χ0) is 11.0.